The topological polar surface area (TPSA) is 75.7 Å². The number of hydrogen-bond donors (Lipinski definition) is 3. The van der Waals surface area contributed by atoms with Crippen molar-refractivity contribution in [3.8, 4) is 11.5 Å². The lowest BCUT2D eigenvalue weighted by Crippen LogP contribution is -2.36. The molecule has 0 saturated heterocycles. The average Bonchev–Trinajstić information content (AvgIpc) is 2.31. The minimum absolute atomic E-state index is 0.0882. The predicted molar refractivity (Wildman–Crippen MR) is 58.2 cm³/mol. The van der Waals surface area contributed by atoms with Crippen molar-refractivity contribution in [1.82, 2.24) is 0 Å². The maximum atomic E-state index is 13.2. The van der Waals surface area contributed by atoms with Crippen LogP contribution in [-0.4, -0.2) is 29.3 Å². The number of hydrogen-bond acceptors (Lipinski definition) is 4. The van der Waals surface area contributed by atoms with Crippen molar-refractivity contribution >= 4 is 0 Å². The molecule has 1 aromatic carbocycles. The molecular weight excluding hydrogens is 232 g/mol. The Hall–Kier alpha value is -1.40. The van der Waals surface area contributed by atoms with E-state index in [4.69, 9.17) is 15.6 Å². The van der Waals surface area contributed by atoms with E-state index in [0.29, 0.717) is 6.61 Å². The zero-order valence-corrected chi connectivity index (χ0v) is 9.36. The number of halogens is 2. The first-order valence-corrected chi connectivity index (χ1v) is 5.12. The second kappa shape index (κ2) is 5.29. The molecule has 6 heteroatoms. The predicted octanol–water partition coefficient (Wildman–Crippen LogP) is 1.42. The lowest BCUT2D eigenvalue weighted by atomic mass is 10.0. The van der Waals surface area contributed by atoms with Crippen molar-refractivity contribution in [1.29, 1.82) is 0 Å². The van der Waals surface area contributed by atoms with E-state index in [1.807, 2.05) is 0 Å². The molecule has 4 nitrogen and oxygen atoms in total. The molecule has 1 atom stereocenters. The van der Waals surface area contributed by atoms with Gasteiger partial charge in [-0.3, -0.25) is 0 Å². The molecule has 0 aliphatic heterocycles. The van der Waals surface area contributed by atoms with Crippen LogP contribution in [0.15, 0.2) is 18.2 Å². The van der Waals surface area contributed by atoms with Gasteiger partial charge in [-0.05, 0) is 24.6 Å². The van der Waals surface area contributed by atoms with Gasteiger partial charge in [-0.15, -0.1) is 0 Å². The molecule has 0 aromatic heterocycles. The fourth-order valence-corrected chi connectivity index (χ4v) is 1.34. The van der Waals surface area contributed by atoms with E-state index >= 15 is 0 Å². The van der Waals surface area contributed by atoms with Crippen LogP contribution < -0.4 is 10.5 Å². The van der Waals surface area contributed by atoms with Crippen LogP contribution in [-0.2, 0) is 0 Å². The second-order valence-electron chi connectivity index (χ2n) is 3.56. The van der Waals surface area contributed by atoms with E-state index in [1.54, 1.807) is 6.92 Å². The third-order valence-electron chi connectivity index (χ3n) is 2.31. The van der Waals surface area contributed by atoms with E-state index in [1.165, 1.54) is 18.2 Å². The molecule has 0 spiro atoms. The van der Waals surface area contributed by atoms with Crippen LogP contribution in [0.1, 0.15) is 18.5 Å². The first-order chi connectivity index (χ1) is 7.92. The van der Waals surface area contributed by atoms with E-state index in [0.717, 1.165) is 0 Å². The van der Waals surface area contributed by atoms with Gasteiger partial charge in [0.25, 0.3) is 5.92 Å². The Kier molecular flexibility index (Phi) is 4.25. The highest BCUT2D eigenvalue weighted by Crippen LogP contribution is 2.34. The summed E-state index contributed by atoms with van der Waals surface area (Å²) in [5.74, 6) is -3.47. The highest BCUT2D eigenvalue weighted by Gasteiger charge is 2.37. The summed E-state index contributed by atoms with van der Waals surface area (Å²) in [5.41, 5.74) is 5.44. The van der Waals surface area contributed by atoms with Gasteiger partial charge in [0.1, 0.15) is 6.61 Å². The van der Waals surface area contributed by atoms with Crippen LogP contribution in [0.5, 0.6) is 11.5 Å². The van der Waals surface area contributed by atoms with Crippen molar-refractivity contribution in [3.63, 3.8) is 0 Å². The zero-order chi connectivity index (χ0) is 13.1. The zero-order valence-electron chi connectivity index (χ0n) is 9.36. The quantitative estimate of drug-likeness (QED) is 0.735. The summed E-state index contributed by atoms with van der Waals surface area (Å²) < 4.78 is 31.4. The van der Waals surface area contributed by atoms with Crippen molar-refractivity contribution < 1.29 is 23.7 Å². The Balaban J connectivity index is 3.03. The van der Waals surface area contributed by atoms with Crippen LogP contribution in [0.25, 0.3) is 0 Å². The summed E-state index contributed by atoms with van der Waals surface area (Å²) in [6.07, 6.45) is 0. The number of aliphatic hydroxyl groups excluding tert-OH is 1. The van der Waals surface area contributed by atoms with Gasteiger partial charge in [-0.1, -0.05) is 6.07 Å². The molecule has 0 aliphatic carbocycles. The molecule has 1 rings (SSSR count). The minimum Gasteiger partial charge on any atom is -0.504 e. The molecule has 0 bridgehead atoms. The van der Waals surface area contributed by atoms with Gasteiger partial charge < -0.3 is 20.7 Å². The summed E-state index contributed by atoms with van der Waals surface area (Å²) in [5, 5.41) is 17.9. The lowest BCUT2D eigenvalue weighted by Gasteiger charge is -2.22. The van der Waals surface area contributed by atoms with Crippen LogP contribution in [0.2, 0.25) is 0 Å². The fourth-order valence-electron chi connectivity index (χ4n) is 1.34. The van der Waals surface area contributed by atoms with Crippen LogP contribution in [0.4, 0.5) is 8.78 Å². The minimum atomic E-state index is -3.42. The number of rotatable bonds is 5. The summed E-state index contributed by atoms with van der Waals surface area (Å²) in [6, 6.07) is 2.10. The number of benzene rings is 1. The number of ether oxygens (including phenoxy) is 1. The summed E-state index contributed by atoms with van der Waals surface area (Å²) in [4.78, 5) is 0. The van der Waals surface area contributed by atoms with Crippen molar-refractivity contribution in [2.75, 3.05) is 13.2 Å². The Morgan fingerprint density at radius 2 is 2.12 bits per heavy atom. The standard InChI is InChI=1S/C11H15F2NO3/c1-2-17-9-5-7(3-4-8(9)16)10(14)11(12,13)6-15/h3-5,10,15-16H,2,6,14H2,1H3/t10-/m1/s1. The highest BCUT2D eigenvalue weighted by molar-refractivity contribution is 5.43. The highest BCUT2D eigenvalue weighted by atomic mass is 19.3. The first kappa shape index (κ1) is 13.7. The summed E-state index contributed by atoms with van der Waals surface area (Å²) >= 11 is 0. The molecule has 0 fully saturated rings. The number of aliphatic hydroxyl groups is 1. The van der Waals surface area contributed by atoms with E-state index in [9.17, 15) is 13.9 Å². The molecule has 0 saturated carbocycles. The molecule has 0 radical (unpaired) electrons. The SMILES string of the molecule is CCOc1cc([C@@H](N)C(F)(F)CO)ccc1O. The Labute approximate surface area is 97.6 Å². The molecule has 0 amide bonds. The summed E-state index contributed by atoms with van der Waals surface area (Å²) in [6.45, 7) is 0.663. The van der Waals surface area contributed by atoms with Gasteiger partial charge in [0, 0.05) is 0 Å². The molecule has 17 heavy (non-hydrogen) atoms. The second-order valence-corrected chi connectivity index (χ2v) is 3.56. The molecule has 0 aliphatic rings. The third-order valence-corrected chi connectivity index (χ3v) is 2.31. The van der Waals surface area contributed by atoms with Crippen LogP contribution in [0, 0.1) is 0 Å². The number of phenolic OH excluding ortho intramolecular Hbond substituents is 1. The number of alkyl halides is 2. The van der Waals surface area contributed by atoms with E-state index < -0.39 is 18.6 Å². The number of nitrogens with two attached hydrogens (primary N) is 1. The Bertz CT molecular complexity index is 385. The van der Waals surface area contributed by atoms with Crippen LogP contribution in [0.3, 0.4) is 0 Å². The summed E-state index contributed by atoms with van der Waals surface area (Å²) in [7, 11) is 0. The van der Waals surface area contributed by atoms with Crippen LogP contribution >= 0.6 is 0 Å². The van der Waals surface area contributed by atoms with Crippen molar-refractivity contribution in [2.24, 2.45) is 5.73 Å². The number of aromatic hydroxyl groups is 1. The largest absolute Gasteiger partial charge is 0.504 e. The molecular formula is C11H15F2NO3. The van der Waals surface area contributed by atoms with E-state index in [-0.39, 0.29) is 17.1 Å². The van der Waals surface area contributed by atoms with Gasteiger partial charge in [-0.2, -0.15) is 0 Å². The van der Waals surface area contributed by atoms with Gasteiger partial charge in [0.05, 0.1) is 12.6 Å². The smallest absolute Gasteiger partial charge is 0.289 e. The normalized spacial score (nSPS) is 13.5. The molecule has 0 unspecified atom stereocenters. The maximum absolute atomic E-state index is 13.2. The maximum Gasteiger partial charge on any atom is 0.289 e. The monoisotopic (exact) mass is 247 g/mol. The van der Waals surface area contributed by atoms with E-state index in [2.05, 4.69) is 0 Å². The molecule has 1 aromatic rings. The van der Waals surface area contributed by atoms with Gasteiger partial charge >= 0.3 is 0 Å². The molecule has 96 valence electrons. The fraction of sp³-hybridized carbons (Fsp3) is 0.455. The third kappa shape index (κ3) is 3.04. The first-order valence-electron chi connectivity index (χ1n) is 5.12. The van der Waals surface area contributed by atoms with Gasteiger partial charge in [0.15, 0.2) is 11.5 Å². The average molecular weight is 247 g/mol. The van der Waals surface area contributed by atoms with Gasteiger partial charge in [-0.25, -0.2) is 8.78 Å². The number of phenols is 1. The Morgan fingerprint density at radius 1 is 1.47 bits per heavy atom. The lowest BCUT2D eigenvalue weighted by molar-refractivity contribution is -0.0712. The Morgan fingerprint density at radius 3 is 2.65 bits per heavy atom. The molecule has 0 heterocycles. The molecule has 4 N–H and O–H groups in total. The van der Waals surface area contributed by atoms with Gasteiger partial charge in [0.2, 0.25) is 0 Å². The van der Waals surface area contributed by atoms with Crippen molar-refractivity contribution in [2.45, 2.75) is 18.9 Å². The van der Waals surface area contributed by atoms with Crippen molar-refractivity contribution in [3.05, 3.63) is 23.8 Å².